The number of pyridine rings is 3. The fraction of sp³-hybridized carbons (Fsp3) is 0.304. The summed E-state index contributed by atoms with van der Waals surface area (Å²) in [5.74, 6) is 0.316. The second kappa shape index (κ2) is 8.90. The van der Waals surface area contributed by atoms with Crippen molar-refractivity contribution in [2.24, 2.45) is 0 Å². The topological polar surface area (TPSA) is 94.2 Å². The standard InChI is InChI=1S/C23H25N5O2/c1-30-23-17(6-5-10-26-23)19-8-7-18(24)22(27-19)21(29)14-16-15-25-11-9-20(16)28-12-3-2-4-13-28/h5-11,15H,2-4,12-14,24H2,1H3. The van der Waals surface area contributed by atoms with Gasteiger partial charge in [0.2, 0.25) is 5.88 Å². The van der Waals surface area contributed by atoms with E-state index in [-0.39, 0.29) is 17.9 Å². The fourth-order valence-electron chi connectivity index (χ4n) is 3.85. The molecule has 0 spiro atoms. The first-order valence-electron chi connectivity index (χ1n) is 10.1. The molecule has 2 N–H and O–H groups in total. The van der Waals surface area contributed by atoms with Gasteiger partial charge in [-0.2, -0.15) is 0 Å². The van der Waals surface area contributed by atoms with Crippen LogP contribution in [0.2, 0.25) is 0 Å². The number of carbonyl (C=O) groups is 1. The highest BCUT2D eigenvalue weighted by Crippen LogP contribution is 2.29. The molecule has 3 aromatic heterocycles. The minimum atomic E-state index is -0.136. The summed E-state index contributed by atoms with van der Waals surface area (Å²) in [6.45, 7) is 2.00. The third-order valence-corrected chi connectivity index (χ3v) is 5.36. The molecule has 30 heavy (non-hydrogen) atoms. The number of rotatable bonds is 6. The minimum absolute atomic E-state index is 0.136. The first-order valence-corrected chi connectivity index (χ1v) is 10.1. The molecule has 0 aliphatic carbocycles. The molecule has 7 nitrogen and oxygen atoms in total. The van der Waals surface area contributed by atoms with Crippen molar-refractivity contribution in [2.45, 2.75) is 25.7 Å². The number of nitrogen functional groups attached to an aromatic ring is 1. The number of carbonyl (C=O) groups excluding carboxylic acids is 1. The van der Waals surface area contributed by atoms with E-state index < -0.39 is 0 Å². The molecule has 1 aliphatic heterocycles. The van der Waals surface area contributed by atoms with Gasteiger partial charge < -0.3 is 15.4 Å². The summed E-state index contributed by atoms with van der Waals surface area (Å²) < 4.78 is 5.33. The van der Waals surface area contributed by atoms with Gasteiger partial charge in [-0.25, -0.2) is 9.97 Å². The highest BCUT2D eigenvalue weighted by Gasteiger charge is 2.20. The van der Waals surface area contributed by atoms with E-state index in [0.717, 1.165) is 24.3 Å². The molecule has 154 valence electrons. The van der Waals surface area contributed by atoms with Crippen LogP contribution in [0.1, 0.15) is 35.3 Å². The maximum Gasteiger partial charge on any atom is 0.222 e. The van der Waals surface area contributed by atoms with Crippen molar-refractivity contribution in [1.82, 2.24) is 15.0 Å². The van der Waals surface area contributed by atoms with Crippen molar-refractivity contribution >= 4 is 17.2 Å². The average Bonchev–Trinajstić information content (AvgIpc) is 2.80. The molecule has 1 saturated heterocycles. The van der Waals surface area contributed by atoms with Crippen molar-refractivity contribution in [3.63, 3.8) is 0 Å². The van der Waals surface area contributed by atoms with Crippen molar-refractivity contribution < 1.29 is 9.53 Å². The van der Waals surface area contributed by atoms with Gasteiger partial charge in [-0.3, -0.25) is 9.78 Å². The zero-order chi connectivity index (χ0) is 20.9. The molecule has 0 amide bonds. The van der Waals surface area contributed by atoms with Gasteiger partial charge in [0, 0.05) is 49.4 Å². The summed E-state index contributed by atoms with van der Waals surface area (Å²) in [7, 11) is 1.56. The third-order valence-electron chi connectivity index (χ3n) is 5.36. The van der Waals surface area contributed by atoms with Gasteiger partial charge in [-0.15, -0.1) is 0 Å². The zero-order valence-corrected chi connectivity index (χ0v) is 17.0. The smallest absolute Gasteiger partial charge is 0.222 e. The van der Waals surface area contributed by atoms with Crippen LogP contribution in [0.4, 0.5) is 11.4 Å². The lowest BCUT2D eigenvalue weighted by Gasteiger charge is -2.30. The SMILES string of the molecule is COc1ncccc1-c1ccc(N)c(C(=O)Cc2cnccc2N2CCCCC2)n1. The van der Waals surface area contributed by atoms with Crippen LogP contribution in [-0.2, 0) is 6.42 Å². The number of nitrogens with zero attached hydrogens (tertiary/aromatic N) is 4. The minimum Gasteiger partial charge on any atom is -0.481 e. The first-order chi connectivity index (χ1) is 14.7. The maximum atomic E-state index is 13.2. The molecule has 1 fully saturated rings. The molecule has 0 saturated carbocycles. The Kier molecular flexibility index (Phi) is 5.88. The normalized spacial score (nSPS) is 13.8. The predicted octanol–water partition coefficient (Wildman–Crippen LogP) is 3.55. The molecule has 4 heterocycles. The van der Waals surface area contributed by atoms with Gasteiger partial charge in [0.25, 0.3) is 0 Å². The Labute approximate surface area is 175 Å². The molecule has 0 radical (unpaired) electrons. The van der Waals surface area contributed by atoms with Crippen molar-refractivity contribution in [3.8, 4) is 17.1 Å². The molecule has 0 unspecified atom stereocenters. The number of ketones is 1. The van der Waals surface area contributed by atoms with E-state index in [2.05, 4.69) is 19.9 Å². The number of nitrogens with two attached hydrogens (primary N) is 1. The van der Waals surface area contributed by atoms with Crippen LogP contribution in [0.5, 0.6) is 5.88 Å². The van der Waals surface area contributed by atoms with Crippen LogP contribution >= 0.6 is 0 Å². The average molecular weight is 403 g/mol. The van der Waals surface area contributed by atoms with E-state index in [1.807, 2.05) is 12.1 Å². The van der Waals surface area contributed by atoms with Crippen LogP contribution in [0, 0.1) is 0 Å². The Morgan fingerprint density at radius 3 is 2.77 bits per heavy atom. The fourth-order valence-corrected chi connectivity index (χ4v) is 3.85. The first kappa shape index (κ1) is 19.8. The van der Waals surface area contributed by atoms with E-state index in [1.54, 1.807) is 43.9 Å². The van der Waals surface area contributed by atoms with Crippen LogP contribution < -0.4 is 15.4 Å². The number of aromatic nitrogens is 3. The number of hydrogen-bond donors (Lipinski definition) is 1. The summed E-state index contributed by atoms with van der Waals surface area (Å²) in [5.41, 5.74) is 10.0. The van der Waals surface area contributed by atoms with Crippen LogP contribution in [0.3, 0.4) is 0 Å². The summed E-state index contributed by atoms with van der Waals surface area (Å²) in [4.78, 5) is 28.5. The number of anilines is 2. The van der Waals surface area contributed by atoms with Gasteiger partial charge in [0.05, 0.1) is 24.1 Å². The Bertz CT molecular complexity index is 1050. The van der Waals surface area contributed by atoms with Gasteiger partial charge in [0.1, 0.15) is 5.69 Å². The van der Waals surface area contributed by atoms with Crippen molar-refractivity contribution in [2.75, 3.05) is 30.8 Å². The monoisotopic (exact) mass is 403 g/mol. The second-order valence-corrected chi connectivity index (χ2v) is 7.35. The van der Waals surface area contributed by atoms with E-state index in [9.17, 15) is 4.79 Å². The van der Waals surface area contributed by atoms with Crippen molar-refractivity contribution in [1.29, 1.82) is 0 Å². The molecule has 7 heteroatoms. The number of ether oxygens (including phenoxy) is 1. The molecule has 0 bridgehead atoms. The molecule has 3 aromatic rings. The number of piperidine rings is 1. The van der Waals surface area contributed by atoms with Gasteiger partial charge >= 0.3 is 0 Å². The highest BCUT2D eigenvalue weighted by molar-refractivity contribution is 6.01. The quantitative estimate of drug-likeness (QED) is 0.629. The number of methoxy groups -OCH3 is 1. The maximum absolute atomic E-state index is 13.2. The Balaban J connectivity index is 1.63. The molecule has 1 aliphatic rings. The van der Waals surface area contributed by atoms with E-state index in [1.165, 1.54) is 19.3 Å². The molecule has 0 aromatic carbocycles. The Hall–Kier alpha value is -3.48. The lowest BCUT2D eigenvalue weighted by Crippen LogP contribution is -2.30. The second-order valence-electron chi connectivity index (χ2n) is 7.35. The zero-order valence-electron chi connectivity index (χ0n) is 17.0. The largest absolute Gasteiger partial charge is 0.481 e. The molecular weight excluding hydrogens is 378 g/mol. The highest BCUT2D eigenvalue weighted by atomic mass is 16.5. The van der Waals surface area contributed by atoms with E-state index in [4.69, 9.17) is 10.5 Å². The molecular formula is C23H25N5O2. The lowest BCUT2D eigenvalue weighted by atomic mass is 10.0. The lowest BCUT2D eigenvalue weighted by molar-refractivity contribution is 0.0989. The van der Waals surface area contributed by atoms with E-state index >= 15 is 0 Å². The van der Waals surface area contributed by atoms with Gasteiger partial charge in [0.15, 0.2) is 5.78 Å². The van der Waals surface area contributed by atoms with E-state index in [0.29, 0.717) is 22.8 Å². The van der Waals surface area contributed by atoms with Crippen molar-refractivity contribution in [3.05, 3.63) is 60.2 Å². The molecule has 4 rings (SSSR count). The third kappa shape index (κ3) is 4.10. The molecule has 0 atom stereocenters. The van der Waals surface area contributed by atoms with Crippen LogP contribution in [-0.4, -0.2) is 40.9 Å². The van der Waals surface area contributed by atoms with Gasteiger partial charge in [-0.1, -0.05) is 0 Å². The van der Waals surface area contributed by atoms with Gasteiger partial charge in [-0.05, 0) is 49.6 Å². The summed E-state index contributed by atoms with van der Waals surface area (Å²) in [5, 5.41) is 0. The number of hydrogen-bond acceptors (Lipinski definition) is 7. The summed E-state index contributed by atoms with van der Waals surface area (Å²) >= 11 is 0. The predicted molar refractivity (Wildman–Crippen MR) is 117 cm³/mol. The Morgan fingerprint density at radius 2 is 1.97 bits per heavy atom. The Morgan fingerprint density at radius 1 is 1.13 bits per heavy atom. The summed E-state index contributed by atoms with van der Waals surface area (Å²) in [6, 6.07) is 9.12. The number of Topliss-reactive ketones (excluding diaryl/α,β-unsaturated/α-hetero) is 1. The van der Waals surface area contributed by atoms with Crippen LogP contribution in [0.15, 0.2) is 48.9 Å². The van der Waals surface area contributed by atoms with Crippen LogP contribution in [0.25, 0.3) is 11.3 Å². The summed E-state index contributed by atoms with van der Waals surface area (Å²) in [6.07, 6.45) is 8.98.